The number of anilines is 1. The molecule has 0 bridgehead atoms. The normalized spacial score (nSPS) is 11.0. The second-order valence-electron chi connectivity index (χ2n) is 6.08. The van der Waals surface area contributed by atoms with Gasteiger partial charge in [-0.25, -0.2) is 0 Å². The first-order valence-corrected chi connectivity index (χ1v) is 8.03. The van der Waals surface area contributed by atoms with Crippen LogP contribution in [0.3, 0.4) is 0 Å². The number of aromatic nitrogens is 2. The van der Waals surface area contributed by atoms with Gasteiger partial charge in [-0.1, -0.05) is 0 Å². The molecule has 4 rings (SSSR count). The van der Waals surface area contributed by atoms with Gasteiger partial charge in [-0.05, 0) is 48.5 Å². The maximum atomic E-state index is 13.0. The Morgan fingerprint density at radius 3 is 2.46 bits per heavy atom. The average molecular weight is 344 g/mol. The summed E-state index contributed by atoms with van der Waals surface area (Å²) >= 11 is 0. The minimum absolute atomic E-state index is 0.0900. The third-order valence-electron chi connectivity index (χ3n) is 4.63. The molecule has 0 saturated carbocycles. The van der Waals surface area contributed by atoms with Crippen LogP contribution in [0, 0.1) is 11.3 Å². The second-order valence-corrected chi connectivity index (χ2v) is 6.08. The van der Waals surface area contributed by atoms with Crippen LogP contribution in [-0.4, -0.2) is 16.2 Å². The van der Waals surface area contributed by atoms with Gasteiger partial charge >= 0.3 is 0 Å². The largest absolute Gasteiger partial charge is 0.497 e. The van der Waals surface area contributed by atoms with Crippen molar-refractivity contribution in [2.75, 3.05) is 12.8 Å². The minimum atomic E-state index is -0.361. The number of aryl methyl sites for hydroxylation is 1. The molecular formula is C20H16N4O2. The molecule has 0 fully saturated rings. The van der Waals surface area contributed by atoms with Crippen LogP contribution in [0.25, 0.3) is 27.6 Å². The van der Waals surface area contributed by atoms with E-state index in [1.54, 1.807) is 42.0 Å². The highest BCUT2D eigenvalue weighted by atomic mass is 16.5. The Kier molecular flexibility index (Phi) is 3.44. The highest BCUT2D eigenvalue weighted by Gasteiger charge is 2.18. The summed E-state index contributed by atoms with van der Waals surface area (Å²) in [6.45, 7) is 0. The van der Waals surface area contributed by atoms with Crippen molar-refractivity contribution in [2.45, 2.75) is 0 Å². The summed E-state index contributed by atoms with van der Waals surface area (Å²) < 4.78 is 8.89. The van der Waals surface area contributed by atoms with Gasteiger partial charge in [0.1, 0.15) is 17.4 Å². The van der Waals surface area contributed by atoms with E-state index in [-0.39, 0.29) is 11.1 Å². The van der Waals surface area contributed by atoms with Gasteiger partial charge in [0.2, 0.25) is 0 Å². The molecule has 6 heteroatoms. The third kappa shape index (κ3) is 2.15. The zero-order chi connectivity index (χ0) is 18.4. The van der Waals surface area contributed by atoms with Gasteiger partial charge in [-0.2, -0.15) is 5.26 Å². The van der Waals surface area contributed by atoms with Gasteiger partial charge in [0, 0.05) is 23.8 Å². The van der Waals surface area contributed by atoms with Gasteiger partial charge < -0.3 is 15.0 Å². The van der Waals surface area contributed by atoms with Crippen LogP contribution in [0.4, 0.5) is 5.69 Å². The van der Waals surface area contributed by atoms with E-state index in [0.717, 1.165) is 21.9 Å². The molecule has 0 saturated heterocycles. The predicted octanol–water partition coefficient (Wildman–Crippen LogP) is 2.94. The first-order chi connectivity index (χ1) is 12.5. The van der Waals surface area contributed by atoms with Gasteiger partial charge in [0.05, 0.1) is 23.7 Å². The van der Waals surface area contributed by atoms with Gasteiger partial charge in [0.15, 0.2) is 0 Å². The quantitative estimate of drug-likeness (QED) is 0.567. The Bertz CT molecular complexity index is 1260. The topological polar surface area (TPSA) is 86.0 Å². The number of rotatable bonds is 2. The second kappa shape index (κ2) is 5.67. The Balaban J connectivity index is 2.26. The lowest BCUT2D eigenvalue weighted by Gasteiger charge is -2.10. The molecule has 4 aromatic rings. The highest BCUT2D eigenvalue weighted by Crippen LogP contribution is 2.32. The third-order valence-corrected chi connectivity index (χ3v) is 4.63. The van der Waals surface area contributed by atoms with Crippen LogP contribution in [0.1, 0.15) is 5.56 Å². The number of benzene rings is 2. The van der Waals surface area contributed by atoms with Crippen LogP contribution < -0.4 is 16.0 Å². The fourth-order valence-corrected chi connectivity index (χ4v) is 3.32. The number of nitriles is 1. The highest BCUT2D eigenvalue weighted by molar-refractivity contribution is 6.07. The maximum absolute atomic E-state index is 13.0. The lowest BCUT2D eigenvalue weighted by atomic mass is 10.1. The van der Waals surface area contributed by atoms with Crippen molar-refractivity contribution < 1.29 is 4.74 Å². The van der Waals surface area contributed by atoms with Crippen molar-refractivity contribution in [3.8, 4) is 17.5 Å². The van der Waals surface area contributed by atoms with Crippen LogP contribution in [-0.2, 0) is 7.05 Å². The Labute approximate surface area is 149 Å². The number of methoxy groups -OCH3 is 1. The van der Waals surface area contributed by atoms with E-state index >= 15 is 0 Å². The molecule has 0 aliphatic rings. The zero-order valence-corrected chi connectivity index (χ0v) is 14.4. The van der Waals surface area contributed by atoms with Crippen LogP contribution in [0.5, 0.6) is 5.75 Å². The monoisotopic (exact) mass is 344 g/mol. The summed E-state index contributed by atoms with van der Waals surface area (Å²) in [4.78, 5) is 13.0. The molecule has 2 N–H and O–H groups in total. The number of fused-ring (bicyclic) bond motifs is 3. The number of ether oxygens (including phenoxy) is 1. The fraction of sp³-hybridized carbons (Fsp3) is 0.100. The molecule has 0 atom stereocenters. The predicted molar refractivity (Wildman–Crippen MR) is 102 cm³/mol. The molecule has 0 amide bonds. The maximum Gasteiger partial charge on any atom is 0.273 e. The molecular weight excluding hydrogens is 328 g/mol. The Morgan fingerprint density at radius 1 is 1.08 bits per heavy atom. The zero-order valence-electron chi connectivity index (χ0n) is 14.4. The Hall–Kier alpha value is -3.72. The number of nitrogen functional groups attached to an aromatic ring is 1. The summed E-state index contributed by atoms with van der Waals surface area (Å²) in [6.07, 6.45) is 0. The summed E-state index contributed by atoms with van der Waals surface area (Å²) in [6, 6.07) is 16.4. The van der Waals surface area contributed by atoms with E-state index in [4.69, 9.17) is 10.5 Å². The van der Waals surface area contributed by atoms with Crippen molar-refractivity contribution >= 4 is 27.6 Å². The standard InChI is InChI=1S/C20H16N4O2/c1-23-17-8-7-15(26-2)10-16(17)19-18(23)9-12(11-21)20(25)24(19)14-5-3-13(22)4-6-14/h3-10H,22H2,1-2H3. The number of hydrogen-bond acceptors (Lipinski definition) is 4. The van der Waals surface area contributed by atoms with Gasteiger partial charge in [-0.3, -0.25) is 9.36 Å². The van der Waals surface area contributed by atoms with Crippen LogP contribution >= 0.6 is 0 Å². The molecule has 128 valence electrons. The van der Waals surface area contributed by atoms with Crippen molar-refractivity contribution in [1.29, 1.82) is 5.26 Å². The van der Waals surface area contributed by atoms with Crippen molar-refractivity contribution in [2.24, 2.45) is 7.05 Å². The first-order valence-electron chi connectivity index (χ1n) is 8.03. The van der Waals surface area contributed by atoms with Gasteiger partial charge in [-0.15, -0.1) is 0 Å². The van der Waals surface area contributed by atoms with Crippen molar-refractivity contribution in [3.63, 3.8) is 0 Å². The van der Waals surface area contributed by atoms with E-state index in [9.17, 15) is 10.1 Å². The smallest absolute Gasteiger partial charge is 0.273 e. The molecule has 0 radical (unpaired) electrons. The van der Waals surface area contributed by atoms with Crippen LogP contribution in [0.15, 0.2) is 53.3 Å². The molecule has 0 unspecified atom stereocenters. The van der Waals surface area contributed by atoms with E-state index in [1.165, 1.54) is 0 Å². The summed E-state index contributed by atoms with van der Waals surface area (Å²) in [5.41, 5.74) is 9.24. The van der Waals surface area contributed by atoms with Crippen LogP contribution in [0.2, 0.25) is 0 Å². The summed E-state index contributed by atoms with van der Waals surface area (Å²) in [7, 11) is 3.52. The molecule has 0 aliphatic carbocycles. The van der Waals surface area contributed by atoms with Gasteiger partial charge in [0.25, 0.3) is 5.56 Å². The molecule has 6 nitrogen and oxygen atoms in total. The lowest BCUT2D eigenvalue weighted by Crippen LogP contribution is -2.21. The van der Waals surface area contributed by atoms with Crippen molar-refractivity contribution in [3.05, 3.63) is 64.4 Å². The number of nitrogens with two attached hydrogens (primary N) is 1. The summed E-state index contributed by atoms with van der Waals surface area (Å²) in [5, 5.41) is 10.3. The van der Waals surface area contributed by atoms with E-state index in [1.807, 2.05) is 35.9 Å². The number of hydrogen-bond donors (Lipinski definition) is 1. The summed E-state index contributed by atoms with van der Waals surface area (Å²) in [5.74, 6) is 0.700. The SMILES string of the molecule is COc1ccc2c(c1)c1c(cc(C#N)c(=O)n1-c1ccc(N)cc1)n2C. The average Bonchev–Trinajstić information content (AvgIpc) is 2.93. The van der Waals surface area contributed by atoms with E-state index < -0.39 is 0 Å². The molecule has 0 aliphatic heterocycles. The molecule has 26 heavy (non-hydrogen) atoms. The molecule has 2 aromatic heterocycles. The van der Waals surface area contributed by atoms with E-state index in [0.29, 0.717) is 17.1 Å². The Morgan fingerprint density at radius 2 is 1.81 bits per heavy atom. The molecule has 2 aromatic carbocycles. The molecule has 0 spiro atoms. The number of nitrogens with zero attached hydrogens (tertiary/aromatic N) is 3. The molecule has 2 heterocycles. The minimum Gasteiger partial charge on any atom is -0.497 e. The van der Waals surface area contributed by atoms with Crippen molar-refractivity contribution in [1.82, 2.24) is 9.13 Å². The first kappa shape index (κ1) is 15.8. The fourth-order valence-electron chi connectivity index (χ4n) is 3.32. The number of pyridine rings is 1. The van der Waals surface area contributed by atoms with E-state index in [2.05, 4.69) is 0 Å². The lowest BCUT2D eigenvalue weighted by molar-refractivity contribution is 0.415.